The Labute approximate surface area is 169 Å². The quantitative estimate of drug-likeness (QED) is 0.617. The van der Waals surface area contributed by atoms with Gasteiger partial charge in [0.05, 0.1) is 28.8 Å². The molecule has 1 atom stereocenters. The lowest BCUT2D eigenvalue weighted by atomic mass is 10.2. The number of nitrogens with zero attached hydrogens (tertiary/aromatic N) is 2. The first-order chi connectivity index (χ1) is 12.5. The standard InChI is InChI=1S/C16H16ClF3N2O2S3/c17-14-6-11(16(18,19)20)7-22(15(14)25)10-21(8-13-2-1-4-26-13)12-3-5-27(23,24)9-12/h1-2,4,6-7,12H,3,5,8-10H2. The molecule has 27 heavy (non-hydrogen) atoms. The summed E-state index contributed by atoms with van der Waals surface area (Å²) in [7, 11) is -3.14. The molecule has 0 radical (unpaired) electrons. The highest BCUT2D eigenvalue weighted by Crippen LogP contribution is 2.32. The maximum Gasteiger partial charge on any atom is 0.417 e. The van der Waals surface area contributed by atoms with Crippen molar-refractivity contribution in [1.29, 1.82) is 0 Å². The first-order valence-corrected chi connectivity index (χ1v) is 11.5. The summed E-state index contributed by atoms with van der Waals surface area (Å²) in [5.41, 5.74) is -0.892. The van der Waals surface area contributed by atoms with Gasteiger partial charge in [0.1, 0.15) is 4.64 Å². The van der Waals surface area contributed by atoms with E-state index in [1.54, 1.807) is 0 Å². The number of pyridine rings is 1. The van der Waals surface area contributed by atoms with Crippen LogP contribution in [0.4, 0.5) is 13.2 Å². The molecule has 1 fully saturated rings. The van der Waals surface area contributed by atoms with Gasteiger partial charge in [0, 0.05) is 23.7 Å². The molecule has 1 aliphatic rings. The Balaban J connectivity index is 1.94. The second-order valence-electron chi connectivity index (χ2n) is 6.37. The Morgan fingerprint density at radius 2 is 2.15 bits per heavy atom. The summed E-state index contributed by atoms with van der Waals surface area (Å²) in [6.07, 6.45) is -3.18. The fraction of sp³-hybridized carbons (Fsp3) is 0.438. The molecule has 0 aliphatic carbocycles. The molecule has 1 saturated heterocycles. The van der Waals surface area contributed by atoms with Gasteiger partial charge in [0.15, 0.2) is 9.84 Å². The lowest BCUT2D eigenvalue weighted by Crippen LogP contribution is -2.37. The fourth-order valence-electron chi connectivity index (χ4n) is 3.02. The third-order valence-corrected chi connectivity index (χ3v) is 7.83. The van der Waals surface area contributed by atoms with Crippen LogP contribution >= 0.6 is 35.2 Å². The summed E-state index contributed by atoms with van der Waals surface area (Å²) in [6, 6.07) is 4.30. The molecular weight excluding hydrogens is 441 g/mol. The molecule has 0 amide bonds. The van der Waals surface area contributed by atoms with E-state index in [1.165, 1.54) is 15.9 Å². The molecule has 0 bridgehead atoms. The first kappa shape index (κ1) is 20.8. The summed E-state index contributed by atoms with van der Waals surface area (Å²) in [5.74, 6) is 0.0613. The van der Waals surface area contributed by atoms with E-state index in [2.05, 4.69) is 0 Å². The third kappa shape index (κ3) is 5.11. The molecular formula is C16H16ClF3N2O2S3. The van der Waals surface area contributed by atoms with Crippen molar-refractivity contribution < 1.29 is 21.6 Å². The second kappa shape index (κ2) is 7.82. The maximum atomic E-state index is 13.1. The number of hydrogen-bond donors (Lipinski definition) is 0. The van der Waals surface area contributed by atoms with E-state index in [-0.39, 0.29) is 33.9 Å². The molecule has 2 aromatic rings. The van der Waals surface area contributed by atoms with Gasteiger partial charge in [-0.2, -0.15) is 13.2 Å². The van der Waals surface area contributed by atoms with Gasteiger partial charge in [0.2, 0.25) is 0 Å². The number of sulfone groups is 1. The van der Waals surface area contributed by atoms with Crippen molar-refractivity contribution >= 4 is 45.0 Å². The molecule has 2 aromatic heterocycles. The van der Waals surface area contributed by atoms with Crippen molar-refractivity contribution in [3.05, 3.63) is 49.9 Å². The topological polar surface area (TPSA) is 42.3 Å². The Morgan fingerprint density at radius 3 is 2.70 bits per heavy atom. The molecule has 3 rings (SSSR count). The molecule has 0 N–H and O–H groups in total. The Bertz CT molecular complexity index is 972. The van der Waals surface area contributed by atoms with Crippen molar-refractivity contribution in [2.75, 3.05) is 11.5 Å². The molecule has 1 aliphatic heterocycles. The highest BCUT2D eigenvalue weighted by atomic mass is 35.5. The lowest BCUT2D eigenvalue weighted by molar-refractivity contribution is -0.138. The van der Waals surface area contributed by atoms with Crippen LogP contribution in [0, 0.1) is 4.64 Å². The Morgan fingerprint density at radius 1 is 1.41 bits per heavy atom. The SMILES string of the molecule is O=S1(=O)CCC(N(Cc2cccs2)Cn2cc(C(F)(F)F)cc(Cl)c2=S)C1. The van der Waals surface area contributed by atoms with E-state index >= 15 is 0 Å². The average Bonchev–Trinajstić information content (AvgIpc) is 3.19. The molecule has 1 unspecified atom stereocenters. The van der Waals surface area contributed by atoms with Crippen molar-refractivity contribution in [2.45, 2.75) is 31.9 Å². The van der Waals surface area contributed by atoms with E-state index in [4.69, 9.17) is 23.8 Å². The molecule has 148 valence electrons. The number of halogens is 4. The lowest BCUT2D eigenvalue weighted by Gasteiger charge is -2.29. The molecule has 11 heteroatoms. The second-order valence-corrected chi connectivity index (χ2v) is 10.4. The van der Waals surface area contributed by atoms with Crippen molar-refractivity contribution in [3.8, 4) is 0 Å². The largest absolute Gasteiger partial charge is 0.417 e. The smallest absolute Gasteiger partial charge is 0.324 e. The summed E-state index contributed by atoms with van der Waals surface area (Å²) < 4.78 is 64.5. The fourth-order valence-corrected chi connectivity index (χ4v) is 5.90. The highest BCUT2D eigenvalue weighted by Gasteiger charge is 2.34. The van der Waals surface area contributed by atoms with E-state index < -0.39 is 21.6 Å². The average molecular weight is 457 g/mol. The summed E-state index contributed by atoms with van der Waals surface area (Å²) >= 11 is 12.6. The summed E-state index contributed by atoms with van der Waals surface area (Å²) in [4.78, 5) is 2.84. The predicted octanol–water partition coefficient (Wildman–Crippen LogP) is 4.60. The zero-order valence-electron chi connectivity index (χ0n) is 13.9. The minimum atomic E-state index is -4.55. The minimum Gasteiger partial charge on any atom is -0.324 e. The van der Waals surface area contributed by atoms with Crippen LogP contribution < -0.4 is 0 Å². The van der Waals surface area contributed by atoms with Crippen LogP contribution in [0.15, 0.2) is 29.8 Å². The summed E-state index contributed by atoms with van der Waals surface area (Å²) in [5, 5.41) is 1.74. The Kier molecular flexibility index (Phi) is 6.02. The van der Waals surface area contributed by atoms with E-state index in [0.717, 1.165) is 17.1 Å². The number of aromatic nitrogens is 1. The number of alkyl halides is 3. The van der Waals surface area contributed by atoms with Crippen LogP contribution in [0.3, 0.4) is 0 Å². The monoisotopic (exact) mass is 456 g/mol. The maximum absolute atomic E-state index is 13.1. The van der Waals surface area contributed by atoms with Crippen molar-refractivity contribution in [3.63, 3.8) is 0 Å². The Hall–Kier alpha value is -0.940. The molecule has 4 nitrogen and oxygen atoms in total. The first-order valence-electron chi connectivity index (χ1n) is 7.99. The van der Waals surface area contributed by atoms with Gasteiger partial charge < -0.3 is 4.57 Å². The van der Waals surface area contributed by atoms with Gasteiger partial charge in [-0.25, -0.2) is 8.42 Å². The molecule has 0 spiro atoms. The van der Waals surface area contributed by atoms with Gasteiger partial charge in [-0.05, 0) is 23.9 Å². The third-order valence-electron chi connectivity index (χ3n) is 4.37. The zero-order valence-corrected chi connectivity index (χ0v) is 17.2. The van der Waals surface area contributed by atoms with Crippen LogP contribution in [0.5, 0.6) is 0 Å². The molecule has 3 heterocycles. The molecule has 0 saturated carbocycles. The number of hydrogen-bond acceptors (Lipinski definition) is 5. The predicted molar refractivity (Wildman–Crippen MR) is 102 cm³/mol. The summed E-state index contributed by atoms with van der Waals surface area (Å²) in [6.45, 7) is 0.452. The van der Waals surface area contributed by atoms with Crippen LogP contribution in [-0.2, 0) is 29.2 Å². The van der Waals surface area contributed by atoms with Crippen LogP contribution in [0.2, 0.25) is 5.02 Å². The zero-order chi connectivity index (χ0) is 19.8. The van der Waals surface area contributed by atoms with E-state index in [0.29, 0.717) is 13.0 Å². The van der Waals surface area contributed by atoms with Gasteiger partial charge in [0.25, 0.3) is 0 Å². The molecule has 0 aromatic carbocycles. The number of rotatable bonds is 5. The van der Waals surface area contributed by atoms with E-state index in [9.17, 15) is 21.6 Å². The minimum absolute atomic E-state index is 0.0155. The van der Waals surface area contributed by atoms with Gasteiger partial charge in [-0.1, -0.05) is 29.9 Å². The van der Waals surface area contributed by atoms with Crippen LogP contribution in [-0.4, -0.2) is 35.4 Å². The van der Waals surface area contributed by atoms with Gasteiger partial charge in [-0.3, -0.25) is 4.90 Å². The van der Waals surface area contributed by atoms with Crippen molar-refractivity contribution in [1.82, 2.24) is 9.47 Å². The normalized spacial score (nSPS) is 19.7. The van der Waals surface area contributed by atoms with Crippen molar-refractivity contribution in [2.24, 2.45) is 0 Å². The highest BCUT2D eigenvalue weighted by molar-refractivity contribution is 7.91. The van der Waals surface area contributed by atoms with E-state index in [1.807, 2.05) is 22.4 Å². The van der Waals surface area contributed by atoms with Gasteiger partial charge in [-0.15, -0.1) is 11.3 Å². The van der Waals surface area contributed by atoms with Crippen LogP contribution in [0.25, 0.3) is 0 Å². The number of thiophene rings is 1. The van der Waals surface area contributed by atoms with Crippen LogP contribution in [0.1, 0.15) is 16.9 Å². The van der Waals surface area contributed by atoms with Gasteiger partial charge >= 0.3 is 6.18 Å².